The van der Waals surface area contributed by atoms with Crippen LogP contribution < -0.4 is 10.6 Å². The number of carbonyl (C=O) groups is 2. The number of amides is 2. The fraction of sp³-hybridized carbons (Fsp3) is 0.571. The summed E-state index contributed by atoms with van der Waals surface area (Å²) < 4.78 is 0. The molecule has 3 N–H and O–H groups in total. The molecular formula is C14H22N2O3S. The molecule has 5 nitrogen and oxygen atoms in total. The zero-order valence-corrected chi connectivity index (χ0v) is 12.9. The van der Waals surface area contributed by atoms with Crippen molar-refractivity contribution >= 4 is 23.3 Å². The monoisotopic (exact) mass is 298 g/mol. The van der Waals surface area contributed by atoms with Crippen LogP contribution in [0, 0.1) is 5.41 Å². The second-order valence-corrected chi connectivity index (χ2v) is 6.26. The molecule has 1 heterocycles. The van der Waals surface area contributed by atoms with E-state index in [0.717, 1.165) is 6.42 Å². The van der Waals surface area contributed by atoms with Gasteiger partial charge in [0, 0.05) is 23.9 Å². The van der Waals surface area contributed by atoms with Crippen LogP contribution in [0.5, 0.6) is 0 Å². The van der Waals surface area contributed by atoms with Gasteiger partial charge in [0.1, 0.15) is 0 Å². The zero-order valence-electron chi connectivity index (χ0n) is 12.1. The Hall–Kier alpha value is -1.56. The van der Waals surface area contributed by atoms with Crippen LogP contribution in [0.4, 0.5) is 4.79 Å². The van der Waals surface area contributed by atoms with Crippen molar-refractivity contribution in [3.8, 4) is 0 Å². The molecule has 0 spiro atoms. The highest BCUT2D eigenvalue weighted by Crippen LogP contribution is 2.19. The van der Waals surface area contributed by atoms with Crippen LogP contribution in [0.3, 0.4) is 0 Å². The number of carbonyl (C=O) groups excluding carboxylic acids is 1. The van der Waals surface area contributed by atoms with E-state index in [1.165, 1.54) is 4.88 Å². The van der Waals surface area contributed by atoms with Gasteiger partial charge >= 0.3 is 12.0 Å². The second-order valence-electron chi connectivity index (χ2n) is 5.23. The van der Waals surface area contributed by atoms with Gasteiger partial charge in [-0.25, -0.2) is 4.79 Å². The lowest BCUT2D eigenvalue weighted by Crippen LogP contribution is -2.47. The molecule has 0 saturated carbocycles. The molecule has 6 heteroatoms. The molecule has 1 rings (SSSR count). The Morgan fingerprint density at radius 2 is 2.20 bits per heavy atom. The number of hydrogen-bond acceptors (Lipinski definition) is 3. The predicted molar refractivity (Wildman–Crippen MR) is 80.1 cm³/mol. The molecule has 0 aliphatic carbocycles. The number of urea groups is 1. The van der Waals surface area contributed by atoms with E-state index in [1.807, 2.05) is 24.4 Å². The minimum absolute atomic E-state index is 0.00589. The Labute approximate surface area is 123 Å². The molecule has 0 aromatic carbocycles. The first-order valence-corrected chi connectivity index (χ1v) is 7.55. The topological polar surface area (TPSA) is 78.4 Å². The highest BCUT2D eigenvalue weighted by atomic mass is 32.1. The third-order valence-corrected chi connectivity index (χ3v) is 4.30. The van der Waals surface area contributed by atoms with Crippen molar-refractivity contribution in [2.75, 3.05) is 6.54 Å². The summed E-state index contributed by atoms with van der Waals surface area (Å²) >= 11 is 1.65. The number of thiophene rings is 1. The van der Waals surface area contributed by atoms with Crippen LogP contribution in [-0.2, 0) is 11.2 Å². The number of carboxylic acids is 1. The van der Waals surface area contributed by atoms with Crippen molar-refractivity contribution < 1.29 is 14.7 Å². The van der Waals surface area contributed by atoms with Gasteiger partial charge in [-0.2, -0.15) is 0 Å². The van der Waals surface area contributed by atoms with Crippen molar-refractivity contribution in [2.24, 2.45) is 5.41 Å². The molecule has 0 radical (unpaired) electrons. The van der Waals surface area contributed by atoms with E-state index < -0.39 is 11.4 Å². The van der Waals surface area contributed by atoms with Crippen LogP contribution in [0.25, 0.3) is 0 Å². The molecule has 0 saturated heterocycles. The molecule has 20 heavy (non-hydrogen) atoms. The first kappa shape index (κ1) is 16.5. The molecule has 0 bridgehead atoms. The summed E-state index contributed by atoms with van der Waals surface area (Å²) in [6, 6.07) is 3.69. The smallest absolute Gasteiger partial charge is 0.315 e. The second kappa shape index (κ2) is 7.28. The summed E-state index contributed by atoms with van der Waals surface area (Å²) in [5, 5.41) is 16.6. The maximum absolute atomic E-state index is 11.8. The van der Waals surface area contributed by atoms with Gasteiger partial charge in [-0.1, -0.05) is 13.0 Å². The van der Waals surface area contributed by atoms with Crippen molar-refractivity contribution in [2.45, 2.75) is 39.7 Å². The van der Waals surface area contributed by atoms with Crippen LogP contribution >= 0.6 is 11.3 Å². The van der Waals surface area contributed by atoms with Crippen LogP contribution in [-0.4, -0.2) is 29.7 Å². The fourth-order valence-electron chi connectivity index (χ4n) is 1.68. The van der Waals surface area contributed by atoms with E-state index in [2.05, 4.69) is 10.6 Å². The van der Waals surface area contributed by atoms with E-state index in [0.29, 0.717) is 6.42 Å². The third-order valence-electron chi connectivity index (χ3n) is 3.40. The zero-order chi connectivity index (χ0) is 15.2. The lowest BCUT2D eigenvalue weighted by molar-refractivity contribution is -0.147. The molecule has 0 fully saturated rings. The summed E-state index contributed by atoms with van der Waals surface area (Å²) in [4.78, 5) is 24.1. The quantitative estimate of drug-likeness (QED) is 0.723. The number of nitrogens with one attached hydrogen (secondary N) is 2. The highest BCUT2D eigenvalue weighted by Gasteiger charge is 2.31. The number of rotatable bonds is 7. The maximum Gasteiger partial charge on any atom is 0.315 e. The van der Waals surface area contributed by atoms with Crippen molar-refractivity contribution in [3.63, 3.8) is 0 Å². The average molecular weight is 298 g/mol. The van der Waals surface area contributed by atoms with Crippen LogP contribution in [0.15, 0.2) is 17.5 Å². The number of aliphatic carboxylic acids is 1. The molecular weight excluding hydrogens is 276 g/mol. The van der Waals surface area contributed by atoms with E-state index >= 15 is 0 Å². The average Bonchev–Trinajstić information content (AvgIpc) is 2.88. The standard InChI is InChI=1S/C14H22N2O3S/c1-4-14(3,12(17)18)9-15-13(19)16-10(2)8-11-6-5-7-20-11/h5-7,10H,4,8-9H2,1-3H3,(H,17,18)(H2,15,16,19). The van der Waals surface area contributed by atoms with Gasteiger partial charge in [0.25, 0.3) is 0 Å². The fourth-order valence-corrected chi connectivity index (χ4v) is 2.52. The Morgan fingerprint density at radius 1 is 1.50 bits per heavy atom. The van der Waals surface area contributed by atoms with E-state index in [1.54, 1.807) is 25.2 Å². The Morgan fingerprint density at radius 3 is 2.70 bits per heavy atom. The summed E-state index contributed by atoms with van der Waals surface area (Å²) in [5.74, 6) is -0.896. The van der Waals surface area contributed by atoms with Gasteiger partial charge in [-0.05, 0) is 31.7 Å². The minimum Gasteiger partial charge on any atom is -0.481 e. The van der Waals surface area contributed by atoms with E-state index in [9.17, 15) is 9.59 Å². The molecule has 0 aliphatic heterocycles. The Balaban J connectivity index is 2.38. The predicted octanol–water partition coefficient (Wildman–Crippen LogP) is 2.48. The molecule has 2 amide bonds. The van der Waals surface area contributed by atoms with Crippen LogP contribution in [0.2, 0.25) is 0 Å². The first-order valence-electron chi connectivity index (χ1n) is 6.67. The largest absolute Gasteiger partial charge is 0.481 e. The lowest BCUT2D eigenvalue weighted by Gasteiger charge is -2.24. The van der Waals surface area contributed by atoms with Gasteiger partial charge < -0.3 is 15.7 Å². The van der Waals surface area contributed by atoms with Crippen molar-refractivity contribution in [3.05, 3.63) is 22.4 Å². The SMILES string of the molecule is CCC(C)(CNC(=O)NC(C)Cc1cccs1)C(=O)O. The lowest BCUT2D eigenvalue weighted by atomic mass is 9.88. The number of hydrogen-bond donors (Lipinski definition) is 3. The molecule has 1 aromatic rings. The molecule has 1 aromatic heterocycles. The van der Waals surface area contributed by atoms with Crippen LogP contribution in [0.1, 0.15) is 32.1 Å². The first-order chi connectivity index (χ1) is 9.37. The molecule has 112 valence electrons. The summed E-state index contributed by atoms with van der Waals surface area (Å²) in [7, 11) is 0. The minimum atomic E-state index is -0.922. The van der Waals surface area contributed by atoms with Gasteiger partial charge in [-0.15, -0.1) is 11.3 Å². The van der Waals surface area contributed by atoms with Crippen molar-refractivity contribution in [1.82, 2.24) is 10.6 Å². The summed E-state index contributed by atoms with van der Waals surface area (Å²) in [5.41, 5.74) is -0.922. The maximum atomic E-state index is 11.8. The Bertz CT molecular complexity index is 447. The van der Waals surface area contributed by atoms with E-state index in [4.69, 9.17) is 5.11 Å². The summed E-state index contributed by atoms with van der Waals surface area (Å²) in [6.07, 6.45) is 1.24. The normalized spacial score (nSPS) is 15.2. The molecule has 0 aliphatic rings. The van der Waals surface area contributed by atoms with E-state index in [-0.39, 0.29) is 18.6 Å². The molecule has 2 atom stereocenters. The van der Waals surface area contributed by atoms with Gasteiger partial charge in [0.2, 0.25) is 0 Å². The third kappa shape index (κ3) is 4.85. The van der Waals surface area contributed by atoms with Gasteiger partial charge in [0.15, 0.2) is 0 Å². The van der Waals surface area contributed by atoms with Gasteiger partial charge in [-0.3, -0.25) is 4.79 Å². The molecule has 2 unspecified atom stereocenters. The Kier molecular flexibility index (Phi) is 6.01. The number of carboxylic acid groups (broad SMARTS) is 1. The van der Waals surface area contributed by atoms with Crippen molar-refractivity contribution in [1.29, 1.82) is 0 Å². The van der Waals surface area contributed by atoms with Gasteiger partial charge in [0.05, 0.1) is 5.41 Å². The highest BCUT2D eigenvalue weighted by molar-refractivity contribution is 7.09. The summed E-state index contributed by atoms with van der Waals surface area (Å²) in [6.45, 7) is 5.48.